The number of nitrogens with one attached hydrogen (secondary N) is 1. The molecule has 3 N–H and O–H groups in total. The van der Waals surface area contributed by atoms with Gasteiger partial charge >= 0.3 is 5.97 Å². The van der Waals surface area contributed by atoms with Crippen LogP contribution < -0.4 is 5.32 Å². The lowest BCUT2D eigenvalue weighted by molar-refractivity contribution is -0.151. The first-order valence-electron chi connectivity index (χ1n) is 25.2. The number of ether oxygens (including phenoxy) is 1. The van der Waals surface area contributed by atoms with Gasteiger partial charge in [0.2, 0.25) is 5.91 Å². The topological polar surface area (TPSA) is 95.9 Å². The molecule has 0 spiro atoms. The molecule has 3 unspecified atom stereocenters. The van der Waals surface area contributed by atoms with Crippen molar-refractivity contribution in [2.45, 2.75) is 251 Å². The van der Waals surface area contributed by atoms with E-state index in [4.69, 9.17) is 4.74 Å². The molecule has 0 bridgehead atoms. The standard InChI is InChI=1S/C54H95NO5/c1-4-7-10-13-16-19-22-24-26-28-31-33-36-39-42-45-50(60-54(59)47-44-41-38-35-32-29-27-25-23-20-17-14-11-8-5-2)48-53(58)55-51(49-56)52(57)46-43-40-37-34-30-21-18-15-12-9-6-3/h8,11,14,16-17,19-20,23-24,26,31,33,50-52,56-57H,4-7,9-10,12-13,15,18,21-22,25,27-30,32,34-49H2,1-3H3,(H,55,58)/b11-8+,17-14+,19-16-,23-20+,26-24-,33-31-. The molecule has 0 aromatic rings. The van der Waals surface area contributed by atoms with E-state index in [0.29, 0.717) is 19.3 Å². The molecule has 0 heterocycles. The predicted molar refractivity (Wildman–Crippen MR) is 259 cm³/mol. The van der Waals surface area contributed by atoms with Crippen LogP contribution >= 0.6 is 0 Å². The molecule has 0 saturated heterocycles. The van der Waals surface area contributed by atoms with E-state index < -0.39 is 18.2 Å². The fourth-order valence-electron chi connectivity index (χ4n) is 7.26. The molecule has 60 heavy (non-hydrogen) atoms. The zero-order valence-corrected chi connectivity index (χ0v) is 39.3. The highest BCUT2D eigenvalue weighted by Crippen LogP contribution is 2.17. The first-order valence-corrected chi connectivity index (χ1v) is 25.2. The maximum atomic E-state index is 13.2. The average Bonchev–Trinajstić information content (AvgIpc) is 3.24. The van der Waals surface area contributed by atoms with Gasteiger partial charge in [-0.2, -0.15) is 0 Å². The van der Waals surface area contributed by atoms with Gasteiger partial charge in [0.05, 0.1) is 25.2 Å². The molecule has 0 saturated carbocycles. The molecule has 0 aromatic carbocycles. The number of rotatable bonds is 44. The van der Waals surface area contributed by atoms with Crippen molar-refractivity contribution in [2.24, 2.45) is 0 Å². The minimum Gasteiger partial charge on any atom is -0.462 e. The zero-order chi connectivity index (χ0) is 43.8. The molecule has 6 nitrogen and oxygen atoms in total. The number of aliphatic hydroxyl groups excluding tert-OH is 2. The van der Waals surface area contributed by atoms with Crippen LogP contribution in [0.4, 0.5) is 0 Å². The van der Waals surface area contributed by atoms with Crippen LogP contribution in [0.1, 0.15) is 233 Å². The Hall–Kier alpha value is -2.70. The number of hydrogen-bond acceptors (Lipinski definition) is 5. The van der Waals surface area contributed by atoms with Crippen molar-refractivity contribution in [3.8, 4) is 0 Å². The summed E-state index contributed by atoms with van der Waals surface area (Å²) in [5, 5.41) is 23.7. The van der Waals surface area contributed by atoms with E-state index in [1.54, 1.807) is 0 Å². The van der Waals surface area contributed by atoms with Gasteiger partial charge in [-0.1, -0.05) is 209 Å². The van der Waals surface area contributed by atoms with Crippen LogP contribution in [0.5, 0.6) is 0 Å². The van der Waals surface area contributed by atoms with E-state index in [1.807, 2.05) is 0 Å². The third-order valence-corrected chi connectivity index (χ3v) is 11.1. The van der Waals surface area contributed by atoms with Crippen LogP contribution in [-0.2, 0) is 14.3 Å². The Kier molecular flexibility index (Phi) is 45.2. The second-order valence-electron chi connectivity index (χ2n) is 16.9. The molecule has 0 radical (unpaired) electrons. The van der Waals surface area contributed by atoms with E-state index in [1.165, 1.54) is 103 Å². The number of carbonyl (C=O) groups excluding carboxylic acids is 2. The van der Waals surface area contributed by atoms with Gasteiger partial charge in [-0.05, 0) is 83.5 Å². The molecular formula is C54H95NO5. The largest absolute Gasteiger partial charge is 0.462 e. The van der Waals surface area contributed by atoms with E-state index in [0.717, 1.165) is 83.5 Å². The van der Waals surface area contributed by atoms with Crippen molar-refractivity contribution in [2.75, 3.05) is 6.61 Å². The predicted octanol–water partition coefficient (Wildman–Crippen LogP) is 15.0. The van der Waals surface area contributed by atoms with Gasteiger partial charge in [-0.3, -0.25) is 9.59 Å². The summed E-state index contributed by atoms with van der Waals surface area (Å²) in [4.78, 5) is 26.1. The number of unbranched alkanes of at least 4 members (excludes halogenated alkanes) is 22. The third kappa shape index (κ3) is 42.0. The molecule has 0 aliphatic heterocycles. The van der Waals surface area contributed by atoms with Crippen LogP contribution in [-0.4, -0.2) is 46.9 Å². The Labute approximate surface area is 371 Å². The Morgan fingerprint density at radius 1 is 0.517 bits per heavy atom. The quantitative estimate of drug-likeness (QED) is 0.0246. The molecule has 0 fully saturated rings. The van der Waals surface area contributed by atoms with Gasteiger partial charge in [0, 0.05) is 6.42 Å². The Morgan fingerprint density at radius 3 is 1.55 bits per heavy atom. The Balaban J connectivity index is 4.69. The summed E-state index contributed by atoms with van der Waals surface area (Å²) in [6.45, 7) is 6.30. The monoisotopic (exact) mass is 838 g/mol. The number of carbonyl (C=O) groups is 2. The van der Waals surface area contributed by atoms with Gasteiger partial charge in [0.15, 0.2) is 0 Å². The third-order valence-electron chi connectivity index (χ3n) is 11.1. The summed E-state index contributed by atoms with van der Waals surface area (Å²) < 4.78 is 5.91. The zero-order valence-electron chi connectivity index (χ0n) is 39.3. The maximum Gasteiger partial charge on any atom is 0.306 e. The van der Waals surface area contributed by atoms with Crippen molar-refractivity contribution >= 4 is 11.9 Å². The molecule has 1 amide bonds. The van der Waals surface area contributed by atoms with Crippen molar-refractivity contribution in [1.29, 1.82) is 0 Å². The van der Waals surface area contributed by atoms with Crippen molar-refractivity contribution in [1.82, 2.24) is 5.32 Å². The highest BCUT2D eigenvalue weighted by molar-refractivity contribution is 5.77. The lowest BCUT2D eigenvalue weighted by Gasteiger charge is -2.24. The Bertz CT molecular complexity index is 1120. The van der Waals surface area contributed by atoms with E-state index in [2.05, 4.69) is 99.0 Å². The summed E-state index contributed by atoms with van der Waals surface area (Å²) in [6, 6.07) is -0.718. The summed E-state index contributed by atoms with van der Waals surface area (Å²) in [6.07, 6.45) is 59.6. The van der Waals surface area contributed by atoms with Crippen LogP contribution in [0.3, 0.4) is 0 Å². The van der Waals surface area contributed by atoms with Gasteiger partial charge in [-0.15, -0.1) is 0 Å². The molecular weight excluding hydrogens is 743 g/mol. The average molecular weight is 838 g/mol. The van der Waals surface area contributed by atoms with Crippen molar-refractivity contribution in [3.05, 3.63) is 72.9 Å². The summed E-state index contributed by atoms with van der Waals surface area (Å²) in [5.74, 6) is -0.528. The number of esters is 1. The minimum absolute atomic E-state index is 0.0441. The molecule has 0 aliphatic rings. The van der Waals surface area contributed by atoms with Gasteiger partial charge in [-0.25, -0.2) is 0 Å². The smallest absolute Gasteiger partial charge is 0.306 e. The number of allylic oxidation sites excluding steroid dienone is 12. The number of hydrogen-bond donors (Lipinski definition) is 3. The van der Waals surface area contributed by atoms with Crippen LogP contribution in [0.15, 0.2) is 72.9 Å². The van der Waals surface area contributed by atoms with E-state index in [9.17, 15) is 19.8 Å². The second-order valence-corrected chi connectivity index (χ2v) is 16.9. The van der Waals surface area contributed by atoms with Crippen molar-refractivity contribution in [3.63, 3.8) is 0 Å². The van der Waals surface area contributed by atoms with Crippen molar-refractivity contribution < 1.29 is 24.5 Å². The second kappa shape index (κ2) is 47.4. The maximum absolute atomic E-state index is 13.2. The van der Waals surface area contributed by atoms with Crippen LogP contribution in [0.25, 0.3) is 0 Å². The minimum atomic E-state index is -0.801. The normalized spacial score (nSPS) is 13.9. The molecule has 6 heteroatoms. The fourth-order valence-corrected chi connectivity index (χ4v) is 7.26. The van der Waals surface area contributed by atoms with Gasteiger partial charge < -0.3 is 20.3 Å². The highest BCUT2D eigenvalue weighted by atomic mass is 16.5. The highest BCUT2D eigenvalue weighted by Gasteiger charge is 2.24. The van der Waals surface area contributed by atoms with E-state index >= 15 is 0 Å². The SMILES string of the molecule is CC/C=C/C=C/C=C/CCCCCCCCCC(=O)OC(CCCC/C=C\C/C=C\C/C=C\CCCCC)CC(=O)NC(CO)C(O)CCCCCCCCCCCCC. The Morgan fingerprint density at radius 2 is 0.967 bits per heavy atom. The molecule has 3 atom stereocenters. The fraction of sp³-hybridized carbons (Fsp3) is 0.741. The van der Waals surface area contributed by atoms with Gasteiger partial charge in [0.25, 0.3) is 0 Å². The molecule has 0 rings (SSSR count). The summed E-state index contributed by atoms with van der Waals surface area (Å²) in [5.41, 5.74) is 0. The van der Waals surface area contributed by atoms with E-state index in [-0.39, 0.29) is 24.9 Å². The van der Waals surface area contributed by atoms with Gasteiger partial charge in [0.1, 0.15) is 6.10 Å². The van der Waals surface area contributed by atoms with Crippen LogP contribution in [0, 0.1) is 0 Å². The number of aliphatic hydroxyl groups is 2. The lowest BCUT2D eigenvalue weighted by atomic mass is 10.0. The summed E-state index contributed by atoms with van der Waals surface area (Å²) in [7, 11) is 0. The first-order chi connectivity index (χ1) is 29.5. The molecule has 0 aliphatic carbocycles. The van der Waals surface area contributed by atoms with Crippen LogP contribution in [0.2, 0.25) is 0 Å². The summed E-state index contributed by atoms with van der Waals surface area (Å²) >= 11 is 0. The lowest BCUT2D eigenvalue weighted by Crippen LogP contribution is -2.46. The first kappa shape index (κ1) is 57.3. The molecule has 346 valence electrons. The number of amides is 1. The molecule has 0 aromatic heterocycles.